The number of sulfonamides is 1. The molecular weight excluding hydrogens is 494 g/mol. The predicted molar refractivity (Wildman–Crippen MR) is 148 cm³/mol. The standard InChI is InChI=1S/C27H31N3O4S2/c1-4-5-6-17-34-24-13-8-21(9-14-24)26(31)29-27(35)28-22-11-15-25(16-12-22)36(32,33)30-23-10-7-19(2)20(3)18-23/h7-16,18,30H,4-6,17H2,1-3H3,(H2,28,29,31,35). The van der Waals surface area contributed by atoms with Crippen molar-refractivity contribution in [1.82, 2.24) is 5.32 Å². The van der Waals surface area contributed by atoms with Gasteiger partial charge in [0.15, 0.2) is 5.11 Å². The zero-order chi connectivity index (χ0) is 26.1. The molecule has 36 heavy (non-hydrogen) atoms. The van der Waals surface area contributed by atoms with Gasteiger partial charge in [0, 0.05) is 16.9 Å². The summed E-state index contributed by atoms with van der Waals surface area (Å²) >= 11 is 5.24. The van der Waals surface area contributed by atoms with Crippen LogP contribution in [0.2, 0.25) is 0 Å². The normalized spacial score (nSPS) is 11.0. The summed E-state index contributed by atoms with van der Waals surface area (Å²) in [5, 5.41) is 5.62. The van der Waals surface area contributed by atoms with Crippen molar-refractivity contribution in [3.05, 3.63) is 83.4 Å². The third kappa shape index (κ3) is 7.79. The van der Waals surface area contributed by atoms with Gasteiger partial charge in [-0.25, -0.2) is 8.42 Å². The lowest BCUT2D eigenvalue weighted by Gasteiger charge is -2.12. The number of aryl methyl sites for hydroxylation is 2. The van der Waals surface area contributed by atoms with Gasteiger partial charge in [-0.05, 0) is 104 Å². The zero-order valence-electron chi connectivity index (χ0n) is 20.6. The minimum Gasteiger partial charge on any atom is -0.494 e. The Hall–Kier alpha value is -3.43. The number of benzene rings is 3. The Bertz CT molecular complexity index is 1310. The van der Waals surface area contributed by atoms with Crippen LogP contribution >= 0.6 is 12.2 Å². The second-order valence-corrected chi connectivity index (χ2v) is 10.5. The number of thiocarbonyl (C=S) groups is 1. The van der Waals surface area contributed by atoms with Crippen molar-refractivity contribution in [3.8, 4) is 5.75 Å². The van der Waals surface area contributed by atoms with Crippen LogP contribution in [0, 0.1) is 13.8 Å². The van der Waals surface area contributed by atoms with Gasteiger partial charge in [-0.1, -0.05) is 25.8 Å². The number of ether oxygens (including phenoxy) is 1. The quantitative estimate of drug-likeness (QED) is 0.229. The third-order valence-electron chi connectivity index (χ3n) is 5.54. The molecule has 0 radical (unpaired) electrons. The summed E-state index contributed by atoms with van der Waals surface area (Å²) in [6, 6.07) is 18.3. The van der Waals surface area contributed by atoms with Crippen molar-refractivity contribution in [2.24, 2.45) is 0 Å². The van der Waals surface area contributed by atoms with Gasteiger partial charge in [0.25, 0.3) is 15.9 Å². The fourth-order valence-corrected chi connectivity index (χ4v) is 4.58. The molecule has 9 heteroatoms. The Kier molecular flexibility index (Phi) is 9.44. The lowest BCUT2D eigenvalue weighted by molar-refractivity contribution is 0.0977. The highest BCUT2D eigenvalue weighted by Gasteiger charge is 2.15. The second-order valence-electron chi connectivity index (χ2n) is 8.42. The third-order valence-corrected chi connectivity index (χ3v) is 7.14. The smallest absolute Gasteiger partial charge is 0.261 e. The van der Waals surface area contributed by atoms with Crippen LogP contribution in [0.1, 0.15) is 47.7 Å². The zero-order valence-corrected chi connectivity index (χ0v) is 22.3. The summed E-state index contributed by atoms with van der Waals surface area (Å²) in [4.78, 5) is 12.6. The molecule has 1 amide bonds. The summed E-state index contributed by atoms with van der Waals surface area (Å²) in [6.45, 7) is 6.68. The maximum Gasteiger partial charge on any atom is 0.261 e. The number of hydrogen-bond acceptors (Lipinski definition) is 5. The SMILES string of the molecule is CCCCCOc1ccc(C(=O)NC(=S)Nc2ccc(S(=O)(=O)Nc3ccc(C)c(C)c3)cc2)cc1. The molecule has 0 fully saturated rings. The molecule has 0 unspecified atom stereocenters. The van der Waals surface area contributed by atoms with E-state index in [0.29, 0.717) is 29.3 Å². The van der Waals surface area contributed by atoms with Crippen LogP contribution in [-0.2, 0) is 10.0 Å². The first-order valence-corrected chi connectivity index (χ1v) is 13.6. The molecule has 0 heterocycles. The molecule has 0 saturated carbocycles. The minimum atomic E-state index is -3.75. The predicted octanol–water partition coefficient (Wildman–Crippen LogP) is 5.80. The van der Waals surface area contributed by atoms with Gasteiger partial charge < -0.3 is 10.1 Å². The molecule has 3 aromatic carbocycles. The van der Waals surface area contributed by atoms with E-state index < -0.39 is 10.0 Å². The van der Waals surface area contributed by atoms with Crippen LogP contribution in [0.15, 0.2) is 71.6 Å². The molecule has 0 aliphatic carbocycles. The first-order chi connectivity index (χ1) is 17.2. The molecule has 0 aromatic heterocycles. The van der Waals surface area contributed by atoms with Gasteiger partial charge in [0.1, 0.15) is 5.75 Å². The van der Waals surface area contributed by atoms with Crippen LogP contribution in [-0.4, -0.2) is 26.0 Å². The molecule has 0 atom stereocenters. The van der Waals surface area contributed by atoms with E-state index in [1.54, 1.807) is 48.5 Å². The Balaban J connectivity index is 1.54. The topological polar surface area (TPSA) is 96.5 Å². The van der Waals surface area contributed by atoms with E-state index in [1.165, 1.54) is 12.1 Å². The molecule has 3 aromatic rings. The number of anilines is 2. The number of rotatable bonds is 10. The van der Waals surface area contributed by atoms with Gasteiger partial charge in [-0.2, -0.15) is 0 Å². The Morgan fingerprint density at radius 3 is 2.19 bits per heavy atom. The average Bonchev–Trinajstić information content (AvgIpc) is 2.84. The number of nitrogens with one attached hydrogen (secondary N) is 3. The summed E-state index contributed by atoms with van der Waals surface area (Å²) in [6.07, 6.45) is 3.24. The summed E-state index contributed by atoms with van der Waals surface area (Å²) in [5.74, 6) is 0.354. The average molecular weight is 526 g/mol. The molecule has 3 rings (SSSR count). The molecular formula is C27H31N3O4S2. The number of carbonyl (C=O) groups excluding carboxylic acids is 1. The molecule has 7 nitrogen and oxygen atoms in total. The van der Waals surface area contributed by atoms with Crippen molar-refractivity contribution < 1.29 is 17.9 Å². The van der Waals surface area contributed by atoms with E-state index in [0.717, 1.165) is 30.4 Å². The van der Waals surface area contributed by atoms with Crippen molar-refractivity contribution in [2.45, 2.75) is 44.9 Å². The van der Waals surface area contributed by atoms with Crippen LogP contribution in [0.4, 0.5) is 11.4 Å². The fraction of sp³-hybridized carbons (Fsp3) is 0.259. The van der Waals surface area contributed by atoms with E-state index in [-0.39, 0.29) is 15.9 Å². The molecule has 3 N–H and O–H groups in total. The number of amides is 1. The van der Waals surface area contributed by atoms with E-state index >= 15 is 0 Å². The maximum absolute atomic E-state index is 12.7. The summed E-state index contributed by atoms with van der Waals surface area (Å²) in [5.41, 5.74) is 3.57. The Morgan fingerprint density at radius 1 is 0.889 bits per heavy atom. The van der Waals surface area contributed by atoms with Crippen LogP contribution in [0.3, 0.4) is 0 Å². The van der Waals surface area contributed by atoms with Gasteiger partial charge in [-0.15, -0.1) is 0 Å². The van der Waals surface area contributed by atoms with Gasteiger partial charge >= 0.3 is 0 Å². The number of unbranched alkanes of at least 4 members (excludes halogenated alkanes) is 2. The fourth-order valence-electron chi connectivity index (χ4n) is 3.32. The van der Waals surface area contributed by atoms with Crippen LogP contribution in [0.5, 0.6) is 5.75 Å². The number of hydrogen-bond donors (Lipinski definition) is 3. The number of carbonyl (C=O) groups is 1. The highest BCUT2D eigenvalue weighted by molar-refractivity contribution is 7.92. The van der Waals surface area contributed by atoms with Gasteiger partial charge in [0.2, 0.25) is 0 Å². The molecule has 0 aliphatic heterocycles. The molecule has 0 saturated heterocycles. The van der Waals surface area contributed by atoms with Crippen molar-refractivity contribution >= 4 is 44.6 Å². The highest BCUT2D eigenvalue weighted by Crippen LogP contribution is 2.20. The summed E-state index contributed by atoms with van der Waals surface area (Å²) < 4.78 is 33.7. The van der Waals surface area contributed by atoms with E-state index in [2.05, 4.69) is 22.3 Å². The van der Waals surface area contributed by atoms with Crippen molar-refractivity contribution in [2.75, 3.05) is 16.6 Å². The Labute approximate surface area is 218 Å². The van der Waals surface area contributed by atoms with Crippen LogP contribution < -0.4 is 20.1 Å². The van der Waals surface area contributed by atoms with Gasteiger partial charge in [-0.3, -0.25) is 14.8 Å². The first kappa shape index (κ1) is 27.2. The molecule has 0 bridgehead atoms. The largest absolute Gasteiger partial charge is 0.494 e. The van der Waals surface area contributed by atoms with E-state index in [4.69, 9.17) is 17.0 Å². The van der Waals surface area contributed by atoms with Crippen molar-refractivity contribution in [3.63, 3.8) is 0 Å². The molecule has 0 aliphatic rings. The lowest BCUT2D eigenvalue weighted by atomic mass is 10.1. The van der Waals surface area contributed by atoms with Gasteiger partial charge in [0.05, 0.1) is 11.5 Å². The monoisotopic (exact) mass is 525 g/mol. The van der Waals surface area contributed by atoms with E-state index in [9.17, 15) is 13.2 Å². The van der Waals surface area contributed by atoms with Crippen LogP contribution in [0.25, 0.3) is 0 Å². The first-order valence-electron chi connectivity index (χ1n) is 11.7. The maximum atomic E-state index is 12.7. The summed E-state index contributed by atoms with van der Waals surface area (Å²) in [7, 11) is -3.75. The minimum absolute atomic E-state index is 0.101. The second kappa shape index (κ2) is 12.5. The lowest BCUT2D eigenvalue weighted by Crippen LogP contribution is -2.34. The molecule has 190 valence electrons. The highest BCUT2D eigenvalue weighted by atomic mass is 32.2. The van der Waals surface area contributed by atoms with E-state index in [1.807, 2.05) is 19.9 Å². The Morgan fingerprint density at radius 2 is 1.56 bits per heavy atom. The van der Waals surface area contributed by atoms with Crippen molar-refractivity contribution in [1.29, 1.82) is 0 Å². The molecule has 0 spiro atoms.